The number of nitrogens with one attached hydrogen (secondary N) is 1. The minimum atomic E-state index is -4.54. The molecule has 1 aromatic carbocycles. The van der Waals surface area contributed by atoms with E-state index in [4.69, 9.17) is 0 Å². The van der Waals surface area contributed by atoms with E-state index in [-0.39, 0.29) is 17.6 Å². The molecule has 1 unspecified atom stereocenters. The normalized spacial score (nSPS) is 13.2. The van der Waals surface area contributed by atoms with Gasteiger partial charge in [0.1, 0.15) is 12.1 Å². The van der Waals surface area contributed by atoms with Gasteiger partial charge in [-0.2, -0.15) is 27.8 Å². The molecule has 0 aliphatic carbocycles. The summed E-state index contributed by atoms with van der Waals surface area (Å²) in [6, 6.07) is 7.02. The summed E-state index contributed by atoms with van der Waals surface area (Å²) >= 11 is 0. The molecule has 1 atom stereocenters. The number of aryl methyl sites for hydroxylation is 2. The second-order valence-electron chi connectivity index (χ2n) is 6.18. The van der Waals surface area contributed by atoms with E-state index in [0.29, 0.717) is 6.42 Å². The first kappa shape index (κ1) is 17.2. The van der Waals surface area contributed by atoms with Crippen molar-refractivity contribution in [2.24, 2.45) is 0 Å². The molecule has 132 valence electrons. The summed E-state index contributed by atoms with van der Waals surface area (Å²) in [6.07, 6.45) is -2.69. The van der Waals surface area contributed by atoms with Crippen molar-refractivity contribution in [2.75, 3.05) is 5.32 Å². The van der Waals surface area contributed by atoms with Crippen molar-refractivity contribution in [3.8, 4) is 0 Å². The highest BCUT2D eigenvalue weighted by atomic mass is 19.4. The predicted octanol–water partition coefficient (Wildman–Crippen LogP) is 3.80. The Hall–Kier alpha value is -2.64. The Bertz CT molecular complexity index is 901. The molecule has 0 spiro atoms. The third-order valence-electron chi connectivity index (χ3n) is 3.96. The molecule has 3 aromatic rings. The zero-order valence-electron chi connectivity index (χ0n) is 14.1. The Morgan fingerprint density at radius 3 is 2.64 bits per heavy atom. The number of aromatic nitrogens is 4. The van der Waals surface area contributed by atoms with Crippen LogP contribution in [0.15, 0.2) is 30.6 Å². The highest BCUT2D eigenvalue weighted by molar-refractivity contribution is 5.46. The molecule has 0 aliphatic heterocycles. The van der Waals surface area contributed by atoms with E-state index < -0.39 is 11.9 Å². The molecule has 0 saturated heterocycles. The zero-order chi connectivity index (χ0) is 18.2. The molecule has 0 amide bonds. The molecule has 2 aromatic heterocycles. The van der Waals surface area contributed by atoms with Crippen LogP contribution >= 0.6 is 0 Å². The number of benzene rings is 1. The minimum Gasteiger partial charge on any atom is -0.367 e. The molecule has 8 heteroatoms. The van der Waals surface area contributed by atoms with Crippen LogP contribution in [0.25, 0.3) is 5.78 Å². The lowest BCUT2D eigenvalue weighted by atomic mass is 10.00. The highest BCUT2D eigenvalue weighted by Crippen LogP contribution is 2.29. The van der Waals surface area contributed by atoms with E-state index in [0.717, 1.165) is 17.2 Å². The lowest BCUT2D eigenvalue weighted by molar-refractivity contribution is -0.141. The van der Waals surface area contributed by atoms with E-state index in [1.165, 1.54) is 16.4 Å². The van der Waals surface area contributed by atoms with E-state index >= 15 is 0 Å². The summed E-state index contributed by atoms with van der Waals surface area (Å²) in [6.45, 7) is 5.96. The van der Waals surface area contributed by atoms with E-state index in [1.807, 2.05) is 32.9 Å². The first-order chi connectivity index (χ1) is 11.7. The maximum atomic E-state index is 13.0. The Morgan fingerprint density at radius 2 is 1.96 bits per heavy atom. The van der Waals surface area contributed by atoms with Crippen LogP contribution < -0.4 is 5.32 Å². The van der Waals surface area contributed by atoms with Gasteiger partial charge in [0.15, 0.2) is 5.69 Å². The average molecular weight is 349 g/mol. The number of hydrogen-bond donors (Lipinski definition) is 1. The molecule has 0 bridgehead atoms. The molecule has 0 radical (unpaired) electrons. The second-order valence-corrected chi connectivity index (χ2v) is 6.18. The van der Waals surface area contributed by atoms with Crippen LogP contribution in [0.3, 0.4) is 0 Å². The van der Waals surface area contributed by atoms with Crippen LogP contribution in [0.2, 0.25) is 0 Å². The summed E-state index contributed by atoms with van der Waals surface area (Å²) < 4.78 is 40.4. The van der Waals surface area contributed by atoms with Crippen molar-refractivity contribution in [1.29, 1.82) is 0 Å². The number of alkyl halides is 3. The lowest BCUT2D eigenvalue weighted by Crippen LogP contribution is -2.22. The number of rotatable bonds is 4. The fourth-order valence-corrected chi connectivity index (χ4v) is 2.77. The molecule has 0 aliphatic rings. The van der Waals surface area contributed by atoms with Gasteiger partial charge in [-0.25, -0.2) is 4.98 Å². The van der Waals surface area contributed by atoms with Gasteiger partial charge in [-0.15, -0.1) is 0 Å². The van der Waals surface area contributed by atoms with E-state index in [2.05, 4.69) is 26.4 Å². The summed E-state index contributed by atoms with van der Waals surface area (Å²) in [5, 5.41) is 7.04. The van der Waals surface area contributed by atoms with Gasteiger partial charge in [0.25, 0.3) is 5.78 Å². The van der Waals surface area contributed by atoms with Crippen molar-refractivity contribution in [3.05, 3.63) is 53.0 Å². The summed E-state index contributed by atoms with van der Waals surface area (Å²) in [5.41, 5.74) is 2.49. The molecular formula is C17H18F3N5. The number of nitrogens with zero attached hydrogens (tertiary/aromatic N) is 4. The molecule has 25 heavy (non-hydrogen) atoms. The Balaban J connectivity index is 1.87. The average Bonchev–Trinajstić information content (AvgIpc) is 2.98. The minimum absolute atomic E-state index is 0.0870. The van der Waals surface area contributed by atoms with Crippen LogP contribution in [0, 0.1) is 13.8 Å². The maximum Gasteiger partial charge on any atom is 0.433 e. The maximum absolute atomic E-state index is 13.0. The SMILES string of the molecule is Cc1ccc(CC(C)Nc2cc(C(F)(F)F)nc3ncnn23)c(C)c1. The topological polar surface area (TPSA) is 55.1 Å². The Kier molecular flexibility index (Phi) is 4.36. The van der Waals surface area contributed by atoms with Gasteiger partial charge in [0.2, 0.25) is 0 Å². The molecule has 3 rings (SSSR count). The van der Waals surface area contributed by atoms with Crippen molar-refractivity contribution >= 4 is 11.6 Å². The summed E-state index contributed by atoms with van der Waals surface area (Å²) in [4.78, 5) is 7.28. The first-order valence-corrected chi connectivity index (χ1v) is 7.84. The van der Waals surface area contributed by atoms with Crippen LogP contribution in [0.5, 0.6) is 0 Å². The van der Waals surface area contributed by atoms with Gasteiger partial charge >= 0.3 is 6.18 Å². The molecule has 0 saturated carbocycles. The van der Waals surface area contributed by atoms with Crippen LogP contribution in [0.1, 0.15) is 29.3 Å². The molecule has 2 heterocycles. The summed E-state index contributed by atoms with van der Waals surface area (Å²) in [7, 11) is 0. The fraction of sp³-hybridized carbons (Fsp3) is 0.353. The smallest absolute Gasteiger partial charge is 0.367 e. The third kappa shape index (κ3) is 3.72. The van der Waals surface area contributed by atoms with E-state index in [9.17, 15) is 13.2 Å². The van der Waals surface area contributed by atoms with Gasteiger partial charge in [-0.1, -0.05) is 23.8 Å². The fourth-order valence-electron chi connectivity index (χ4n) is 2.77. The number of hydrogen-bond acceptors (Lipinski definition) is 4. The number of fused-ring (bicyclic) bond motifs is 1. The zero-order valence-corrected chi connectivity index (χ0v) is 14.1. The molecule has 1 N–H and O–H groups in total. The number of anilines is 1. The Labute approximate surface area is 142 Å². The van der Waals surface area contributed by atoms with Gasteiger partial charge < -0.3 is 5.32 Å². The summed E-state index contributed by atoms with van der Waals surface area (Å²) in [5.74, 6) is 0.128. The van der Waals surface area contributed by atoms with Crippen LogP contribution in [0.4, 0.5) is 19.0 Å². The predicted molar refractivity (Wildman–Crippen MR) is 88.5 cm³/mol. The number of halogens is 3. The van der Waals surface area contributed by atoms with Crippen LogP contribution in [-0.4, -0.2) is 25.6 Å². The lowest BCUT2D eigenvalue weighted by Gasteiger charge is -2.18. The largest absolute Gasteiger partial charge is 0.433 e. The quantitative estimate of drug-likeness (QED) is 0.778. The van der Waals surface area contributed by atoms with Crippen molar-refractivity contribution in [1.82, 2.24) is 19.6 Å². The van der Waals surface area contributed by atoms with Gasteiger partial charge in [0, 0.05) is 12.1 Å². The highest BCUT2D eigenvalue weighted by Gasteiger charge is 2.34. The van der Waals surface area contributed by atoms with Crippen molar-refractivity contribution < 1.29 is 13.2 Å². The monoisotopic (exact) mass is 349 g/mol. The van der Waals surface area contributed by atoms with Crippen molar-refractivity contribution in [2.45, 2.75) is 39.4 Å². The van der Waals surface area contributed by atoms with Gasteiger partial charge in [-0.3, -0.25) is 0 Å². The standard InChI is InChI=1S/C17H18F3N5/c1-10-4-5-13(11(2)6-10)7-12(3)23-15-8-14(17(18,19)20)24-16-21-9-22-25(15)16/h4-6,8-9,12,23H,7H2,1-3H3. The van der Waals surface area contributed by atoms with Gasteiger partial charge in [-0.05, 0) is 38.3 Å². The second kappa shape index (κ2) is 6.34. The molecular weight excluding hydrogens is 331 g/mol. The van der Waals surface area contributed by atoms with Gasteiger partial charge in [0.05, 0.1) is 0 Å². The van der Waals surface area contributed by atoms with E-state index in [1.54, 1.807) is 0 Å². The Morgan fingerprint density at radius 1 is 1.20 bits per heavy atom. The first-order valence-electron chi connectivity index (χ1n) is 7.84. The molecule has 0 fully saturated rings. The molecule has 5 nitrogen and oxygen atoms in total. The van der Waals surface area contributed by atoms with Crippen LogP contribution in [-0.2, 0) is 12.6 Å². The third-order valence-corrected chi connectivity index (χ3v) is 3.96. The van der Waals surface area contributed by atoms with Crippen molar-refractivity contribution in [3.63, 3.8) is 0 Å².